The van der Waals surface area contributed by atoms with E-state index in [0.29, 0.717) is 6.42 Å². The number of nitrogens with two attached hydrogens (primary N) is 1. The Hall–Kier alpha value is -3.70. The van der Waals surface area contributed by atoms with Crippen molar-refractivity contribution < 1.29 is 24.0 Å². The van der Waals surface area contributed by atoms with Gasteiger partial charge in [0.05, 0.1) is 12.6 Å². The zero-order valence-electron chi connectivity index (χ0n) is 26.4. The quantitative estimate of drug-likeness (QED) is 0.318. The zero-order chi connectivity index (χ0) is 32.2. The van der Waals surface area contributed by atoms with E-state index in [2.05, 4.69) is 16.0 Å². The van der Waals surface area contributed by atoms with Gasteiger partial charge in [0.25, 0.3) is 11.5 Å². The second-order valence-electron chi connectivity index (χ2n) is 14.3. The van der Waals surface area contributed by atoms with Crippen molar-refractivity contribution in [3.05, 3.63) is 34.7 Å². The van der Waals surface area contributed by atoms with E-state index in [0.717, 1.165) is 0 Å². The topological polar surface area (TPSA) is 173 Å². The Morgan fingerprint density at radius 3 is 2.07 bits per heavy atom. The molecular weight excluding hydrogens is 540 g/mol. The van der Waals surface area contributed by atoms with Crippen LogP contribution >= 0.6 is 0 Å². The summed E-state index contributed by atoms with van der Waals surface area (Å²) in [6, 6.07) is 1.91. The third-order valence-electron chi connectivity index (χ3n) is 7.83. The van der Waals surface area contributed by atoms with Gasteiger partial charge in [-0.1, -0.05) is 68.4 Å². The van der Waals surface area contributed by atoms with Gasteiger partial charge in [-0.3, -0.25) is 24.0 Å². The Morgan fingerprint density at radius 2 is 1.57 bits per heavy atom. The van der Waals surface area contributed by atoms with Crippen LogP contribution in [0, 0.1) is 22.2 Å². The average Bonchev–Trinajstić information content (AvgIpc) is 3.31. The zero-order valence-corrected chi connectivity index (χ0v) is 26.4. The summed E-state index contributed by atoms with van der Waals surface area (Å²) in [6.07, 6.45) is 2.01. The van der Waals surface area contributed by atoms with E-state index in [1.54, 1.807) is 18.3 Å². The smallest absolute Gasteiger partial charge is 0.315 e. The molecule has 12 heteroatoms. The standard InChI is InChI=1S/C30H48N6O6/c1-28(2,3)18-14-19(25(40)32-15-20(37)24(31)39)36(16-18)26(41)23(30(7,8)9)34-27(42)33-21(29(4,5)6)17-35-13-11-10-12-22(35)38/h10-13,18-19,21,23H,14-17H2,1-9H3,(H2,31,39)(H,32,40)(H2,33,34,42)/t18-,19+,21-,23-/m1/s1. The van der Waals surface area contributed by atoms with Crippen LogP contribution in [0.3, 0.4) is 0 Å². The Bertz CT molecular complexity index is 1240. The molecular formula is C30H48N6O6. The van der Waals surface area contributed by atoms with Crippen LogP contribution in [-0.2, 0) is 25.7 Å². The Morgan fingerprint density at radius 1 is 0.952 bits per heavy atom. The molecule has 5 N–H and O–H groups in total. The molecule has 0 aromatic carbocycles. The van der Waals surface area contributed by atoms with Crippen molar-refractivity contribution >= 4 is 29.5 Å². The minimum atomic E-state index is -1.16. The first kappa shape index (κ1) is 34.5. The van der Waals surface area contributed by atoms with Crippen molar-refractivity contribution in [1.29, 1.82) is 0 Å². The number of hydrogen-bond donors (Lipinski definition) is 4. The van der Waals surface area contributed by atoms with Crippen LogP contribution in [0.15, 0.2) is 29.2 Å². The molecule has 2 heterocycles. The molecule has 1 fully saturated rings. The molecule has 42 heavy (non-hydrogen) atoms. The number of carbonyl (C=O) groups is 5. The molecule has 1 aromatic rings. The number of ketones is 1. The highest BCUT2D eigenvalue weighted by atomic mass is 16.2. The molecule has 1 saturated heterocycles. The van der Waals surface area contributed by atoms with E-state index >= 15 is 0 Å². The summed E-state index contributed by atoms with van der Waals surface area (Å²) in [5, 5.41) is 8.23. The SMILES string of the molecule is CC(C)(C)[C@@H]1C[C@@H](C(=O)NCC(=O)C(N)=O)N(C(=O)[C@@H](NC(=O)N[C@H](Cn2ccccc2=O)C(C)(C)C)C(C)(C)C)C1. The summed E-state index contributed by atoms with van der Waals surface area (Å²) in [7, 11) is 0. The van der Waals surface area contributed by atoms with Crippen molar-refractivity contribution in [2.45, 2.75) is 93.4 Å². The average molecular weight is 589 g/mol. The van der Waals surface area contributed by atoms with Crippen LogP contribution in [0.5, 0.6) is 0 Å². The van der Waals surface area contributed by atoms with Crippen LogP contribution in [-0.4, -0.2) is 70.2 Å². The highest BCUT2D eigenvalue weighted by Gasteiger charge is 2.47. The number of nitrogens with zero attached hydrogens (tertiary/aromatic N) is 2. The third-order valence-corrected chi connectivity index (χ3v) is 7.83. The van der Waals surface area contributed by atoms with Crippen molar-refractivity contribution in [1.82, 2.24) is 25.4 Å². The maximum absolute atomic E-state index is 14.1. The van der Waals surface area contributed by atoms with Gasteiger partial charge in [-0.2, -0.15) is 0 Å². The summed E-state index contributed by atoms with van der Waals surface area (Å²) in [4.78, 5) is 77.3. The van der Waals surface area contributed by atoms with Gasteiger partial charge in [0.1, 0.15) is 12.1 Å². The molecule has 234 valence electrons. The summed E-state index contributed by atoms with van der Waals surface area (Å²) in [5.41, 5.74) is 3.43. The monoisotopic (exact) mass is 588 g/mol. The highest BCUT2D eigenvalue weighted by Crippen LogP contribution is 2.38. The van der Waals surface area contributed by atoms with Gasteiger partial charge >= 0.3 is 6.03 Å². The van der Waals surface area contributed by atoms with E-state index in [1.807, 2.05) is 62.3 Å². The summed E-state index contributed by atoms with van der Waals surface area (Å²) in [6.45, 7) is 17.3. The van der Waals surface area contributed by atoms with Crippen LogP contribution < -0.4 is 27.2 Å². The molecule has 1 aliphatic rings. The number of nitrogens with one attached hydrogen (secondary N) is 3. The molecule has 1 aliphatic heterocycles. The molecule has 0 saturated carbocycles. The van der Waals surface area contributed by atoms with E-state index in [1.165, 1.54) is 15.5 Å². The van der Waals surface area contributed by atoms with Crippen LogP contribution in [0.25, 0.3) is 0 Å². The van der Waals surface area contributed by atoms with E-state index < -0.39 is 65.0 Å². The lowest BCUT2D eigenvalue weighted by molar-refractivity contribution is -0.142. The summed E-state index contributed by atoms with van der Waals surface area (Å²) >= 11 is 0. The van der Waals surface area contributed by atoms with Gasteiger partial charge in [-0.05, 0) is 34.7 Å². The molecule has 4 atom stereocenters. The minimum Gasteiger partial charge on any atom is -0.363 e. The van der Waals surface area contributed by atoms with Crippen LogP contribution in [0.2, 0.25) is 0 Å². The van der Waals surface area contributed by atoms with Gasteiger partial charge < -0.3 is 31.2 Å². The number of aromatic nitrogens is 1. The predicted octanol–water partition coefficient (Wildman–Crippen LogP) is 1.41. The normalized spacial score (nSPS) is 19.0. The van der Waals surface area contributed by atoms with Gasteiger partial charge in [-0.15, -0.1) is 0 Å². The lowest BCUT2D eigenvalue weighted by atomic mass is 9.79. The Labute approximate surface area is 248 Å². The van der Waals surface area contributed by atoms with E-state index in [9.17, 15) is 28.8 Å². The lowest BCUT2D eigenvalue weighted by Gasteiger charge is -2.37. The number of likely N-dealkylation sites (tertiary alicyclic amines) is 1. The molecule has 0 aliphatic carbocycles. The molecule has 0 radical (unpaired) electrons. The third kappa shape index (κ3) is 9.15. The molecule has 2 rings (SSSR count). The molecule has 0 unspecified atom stereocenters. The van der Waals surface area contributed by atoms with Crippen LogP contribution in [0.1, 0.15) is 68.7 Å². The van der Waals surface area contributed by atoms with E-state index in [4.69, 9.17) is 5.73 Å². The van der Waals surface area contributed by atoms with Gasteiger partial charge in [0.2, 0.25) is 17.6 Å². The fourth-order valence-corrected chi connectivity index (χ4v) is 4.82. The fraction of sp³-hybridized carbons (Fsp3) is 0.667. The number of hydrogen-bond acceptors (Lipinski definition) is 6. The molecule has 1 aromatic heterocycles. The summed E-state index contributed by atoms with van der Waals surface area (Å²) < 4.78 is 1.52. The molecule has 0 bridgehead atoms. The maximum atomic E-state index is 14.1. The number of Topliss-reactive ketones (excluding diaryl/α,β-unsaturated/α-hetero) is 1. The Balaban J connectivity index is 2.31. The molecule has 12 nitrogen and oxygen atoms in total. The number of amides is 5. The van der Waals surface area contributed by atoms with Gasteiger partial charge in [-0.25, -0.2) is 4.79 Å². The minimum absolute atomic E-state index is 0.0343. The lowest BCUT2D eigenvalue weighted by Crippen LogP contribution is -2.61. The second kappa shape index (κ2) is 13.1. The number of primary amides is 1. The van der Waals surface area contributed by atoms with Gasteiger partial charge in [0, 0.05) is 25.4 Å². The maximum Gasteiger partial charge on any atom is 0.315 e. The number of rotatable bonds is 9. The summed E-state index contributed by atoms with van der Waals surface area (Å²) in [5.74, 6) is -3.13. The predicted molar refractivity (Wildman–Crippen MR) is 159 cm³/mol. The molecule has 5 amide bonds. The molecule has 0 spiro atoms. The number of urea groups is 1. The first-order valence-corrected chi connectivity index (χ1v) is 14.3. The first-order valence-electron chi connectivity index (χ1n) is 14.3. The second-order valence-corrected chi connectivity index (χ2v) is 14.3. The van der Waals surface area contributed by atoms with Crippen molar-refractivity contribution in [2.75, 3.05) is 13.1 Å². The first-order chi connectivity index (χ1) is 19.1. The fourth-order valence-electron chi connectivity index (χ4n) is 4.82. The van der Waals surface area contributed by atoms with Gasteiger partial charge in [0.15, 0.2) is 0 Å². The van der Waals surface area contributed by atoms with Crippen molar-refractivity contribution in [2.24, 2.45) is 27.9 Å². The largest absolute Gasteiger partial charge is 0.363 e. The number of carbonyl (C=O) groups excluding carboxylic acids is 5. The van der Waals surface area contributed by atoms with Crippen molar-refractivity contribution in [3.8, 4) is 0 Å². The van der Waals surface area contributed by atoms with Crippen molar-refractivity contribution in [3.63, 3.8) is 0 Å². The van der Waals surface area contributed by atoms with E-state index in [-0.39, 0.29) is 30.0 Å². The Kier molecular flexibility index (Phi) is 10.7. The number of pyridine rings is 1. The highest BCUT2D eigenvalue weighted by molar-refractivity contribution is 6.36. The van der Waals surface area contributed by atoms with Crippen LogP contribution in [0.4, 0.5) is 4.79 Å².